The van der Waals surface area contributed by atoms with E-state index in [1.807, 2.05) is 0 Å². The van der Waals surface area contributed by atoms with Crippen molar-refractivity contribution >= 4 is 16.9 Å². The van der Waals surface area contributed by atoms with Gasteiger partial charge in [-0.3, -0.25) is 24.0 Å². The molecule has 0 spiro atoms. The number of H-pyrrole nitrogens is 1. The Kier molecular flexibility index (Phi) is 4.61. The predicted molar refractivity (Wildman–Crippen MR) is 93.8 cm³/mol. The normalized spacial score (nSPS) is 17.9. The van der Waals surface area contributed by atoms with Crippen LogP contribution >= 0.6 is 0 Å². The van der Waals surface area contributed by atoms with Gasteiger partial charge in [-0.15, -0.1) is 0 Å². The van der Waals surface area contributed by atoms with Gasteiger partial charge in [0.15, 0.2) is 16.9 Å². The van der Waals surface area contributed by atoms with Gasteiger partial charge in [0.25, 0.3) is 5.56 Å². The topological polar surface area (TPSA) is 96.2 Å². The third-order valence-electron chi connectivity index (χ3n) is 4.96. The number of imidazole rings is 1. The molecule has 0 bridgehead atoms. The third kappa shape index (κ3) is 3.16. The number of aromatic nitrogens is 4. The van der Waals surface area contributed by atoms with Gasteiger partial charge in [0.2, 0.25) is 0 Å². The molecule has 0 amide bonds. The quantitative estimate of drug-likeness (QED) is 0.787. The first-order chi connectivity index (χ1) is 11.8. The van der Waals surface area contributed by atoms with Gasteiger partial charge in [-0.2, -0.15) is 0 Å². The maximum absolute atomic E-state index is 12.4. The van der Waals surface area contributed by atoms with Crippen LogP contribution in [0.3, 0.4) is 0 Å². The first kappa shape index (κ1) is 17.6. The largest absolute Gasteiger partial charge is 0.329 e. The van der Waals surface area contributed by atoms with Crippen molar-refractivity contribution in [3.8, 4) is 0 Å². The number of likely N-dealkylation sites (N-methyl/N-ethyl adjacent to an activating group) is 1. The standard InChI is InChI=1S/C16H24N6O3/c1-10(11(2)23)22-12(9-21-7-5-19(3)6-8-21)17-14-13(22)15(24)18-16(25)20(14)4/h10H,5-9H2,1-4H3,(H,18,24,25)/t10-/m0/s1. The highest BCUT2D eigenvalue weighted by atomic mass is 16.2. The van der Waals surface area contributed by atoms with Crippen molar-refractivity contribution in [1.82, 2.24) is 28.9 Å². The van der Waals surface area contributed by atoms with E-state index in [-0.39, 0.29) is 11.3 Å². The van der Waals surface area contributed by atoms with Crippen LogP contribution < -0.4 is 11.2 Å². The van der Waals surface area contributed by atoms with E-state index in [9.17, 15) is 14.4 Å². The van der Waals surface area contributed by atoms with Crippen LogP contribution in [0.15, 0.2) is 9.59 Å². The predicted octanol–water partition coefficient (Wildman–Crippen LogP) is -0.679. The molecule has 0 unspecified atom stereocenters. The minimum absolute atomic E-state index is 0.0628. The van der Waals surface area contributed by atoms with Gasteiger partial charge in [0.05, 0.1) is 12.6 Å². The summed E-state index contributed by atoms with van der Waals surface area (Å²) < 4.78 is 2.99. The molecule has 1 aliphatic rings. The van der Waals surface area contributed by atoms with Gasteiger partial charge in [-0.1, -0.05) is 0 Å². The molecule has 2 aromatic heterocycles. The fourth-order valence-corrected chi connectivity index (χ4v) is 3.16. The van der Waals surface area contributed by atoms with Gasteiger partial charge in [-0.05, 0) is 20.9 Å². The minimum atomic E-state index is -0.522. The SMILES string of the molecule is CC(=O)[C@H](C)n1c(CN2CCN(C)CC2)nc2c1c(=O)[nH]c(=O)n2C. The van der Waals surface area contributed by atoms with Gasteiger partial charge in [0, 0.05) is 33.2 Å². The van der Waals surface area contributed by atoms with Crippen LogP contribution in [0.5, 0.6) is 0 Å². The molecule has 136 valence electrons. The van der Waals surface area contributed by atoms with Crippen molar-refractivity contribution in [2.24, 2.45) is 7.05 Å². The van der Waals surface area contributed by atoms with E-state index in [4.69, 9.17) is 0 Å². The molecule has 1 aliphatic heterocycles. The molecule has 0 aromatic carbocycles. The van der Waals surface area contributed by atoms with E-state index >= 15 is 0 Å². The number of nitrogens with zero attached hydrogens (tertiary/aromatic N) is 5. The van der Waals surface area contributed by atoms with E-state index < -0.39 is 17.3 Å². The minimum Gasteiger partial charge on any atom is -0.311 e. The van der Waals surface area contributed by atoms with E-state index in [1.54, 1.807) is 18.5 Å². The first-order valence-corrected chi connectivity index (χ1v) is 8.41. The summed E-state index contributed by atoms with van der Waals surface area (Å²) in [6.07, 6.45) is 0. The third-order valence-corrected chi connectivity index (χ3v) is 4.96. The Labute approximate surface area is 144 Å². The summed E-state index contributed by atoms with van der Waals surface area (Å²) in [6, 6.07) is -0.522. The molecule has 1 atom stereocenters. The number of nitrogens with one attached hydrogen (secondary N) is 1. The highest BCUT2D eigenvalue weighted by Gasteiger charge is 2.25. The Morgan fingerprint density at radius 3 is 2.44 bits per heavy atom. The fourth-order valence-electron chi connectivity index (χ4n) is 3.16. The number of aryl methyl sites for hydroxylation is 1. The van der Waals surface area contributed by atoms with Crippen molar-refractivity contribution in [2.45, 2.75) is 26.4 Å². The lowest BCUT2D eigenvalue weighted by atomic mass is 10.2. The molecular weight excluding hydrogens is 324 g/mol. The van der Waals surface area contributed by atoms with Crippen molar-refractivity contribution in [3.05, 3.63) is 26.7 Å². The summed E-state index contributed by atoms with van der Waals surface area (Å²) in [7, 11) is 3.65. The van der Waals surface area contributed by atoms with Crippen LogP contribution in [-0.4, -0.2) is 67.9 Å². The zero-order valence-electron chi connectivity index (χ0n) is 15.1. The number of carbonyl (C=O) groups excluding carboxylic acids is 1. The van der Waals surface area contributed by atoms with Crippen LogP contribution in [-0.2, 0) is 18.4 Å². The van der Waals surface area contributed by atoms with E-state index in [0.29, 0.717) is 18.0 Å². The molecule has 0 aliphatic carbocycles. The molecule has 1 fully saturated rings. The lowest BCUT2D eigenvalue weighted by molar-refractivity contribution is -0.119. The molecule has 3 heterocycles. The second kappa shape index (κ2) is 6.57. The lowest BCUT2D eigenvalue weighted by Gasteiger charge is -2.32. The summed E-state index contributed by atoms with van der Waals surface area (Å²) in [5.74, 6) is 0.570. The van der Waals surface area contributed by atoms with E-state index in [0.717, 1.165) is 26.2 Å². The number of ketones is 1. The maximum atomic E-state index is 12.4. The zero-order chi connectivity index (χ0) is 18.3. The molecule has 2 aromatic rings. The molecule has 25 heavy (non-hydrogen) atoms. The summed E-state index contributed by atoms with van der Waals surface area (Å²) >= 11 is 0. The second-order valence-corrected chi connectivity index (χ2v) is 6.75. The Bertz CT molecular complexity index is 916. The first-order valence-electron chi connectivity index (χ1n) is 8.41. The van der Waals surface area contributed by atoms with E-state index in [2.05, 4.69) is 26.8 Å². The van der Waals surface area contributed by atoms with Crippen LogP contribution in [0.4, 0.5) is 0 Å². The number of carbonyl (C=O) groups is 1. The van der Waals surface area contributed by atoms with Gasteiger partial charge in [-0.25, -0.2) is 9.78 Å². The fraction of sp³-hybridized carbons (Fsp3) is 0.625. The molecular formula is C16H24N6O3. The second-order valence-electron chi connectivity index (χ2n) is 6.75. The smallest absolute Gasteiger partial charge is 0.311 e. The van der Waals surface area contributed by atoms with Crippen LogP contribution in [0.1, 0.15) is 25.7 Å². The Balaban J connectivity index is 2.13. The molecule has 9 heteroatoms. The van der Waals surface area contributed by atoms with Crippen LogP contribution in [0.25, 0.3) is 11.2 Å². The lowest BCUT2D eigenvalue weighted by Crippen LogP contribution is -2.44. The molecule has 0 radical (unpaired) electrons. The number of rotatable bonds is 4. The summed E-state index contributed by atoms with van der Waals surface area (Å²) in [5, 5.41) is 0. The number of piperazine rings is 1. The summed E-state index contributed by atoms with van der Waals surface area (Å²) in [4.78, 5) is 47.6. The number of aromatic amines is 1. The van der Waals surface area contributed by atoms with Crippen molar-refractivity contribution in [2.75, 3.05) is 33.2 Å². The number of hydrogen-bond acceptors (Lipinski definition) is 6. The van der Waals surface area contributed by atoms with Crippen LogP contribution in [0.2, 0.25) is 0 Å². The molecule has 9 nitrogen and oxygen atoms in total. The number of Topliss-reactive ketones (excluding diaryl/α,β-unsaturated/α-hetero) is 1. The Morgan fingerprint density at radius 1 is 1.20 bits per heavy atom. The Hall–Kier alpha value is -2.26. The van der Waals surface area contributed by atoms with Gasteiger partial charge < -0.3 is 9.47 Å². The highest BCUT2D eigenvalue weighted by molar-refractivity contribution is 5.82. The average molecular weight is 348 g/mol. The zero-order valence-corrected chi connectivity index (χ0v) is 15.1. The van der Waals surface area contributed by atoms with Crippen molar-refractivity contribution in [1.29, 1.82) is 0 Å². The maximum Gasteiger partial charge on any atom is 0.329 e. The van der Waals surface area contributed by atoms with E-state index in [1.165, 1.54) is 11.5 Å². The summed E-state index contributed by atoms with van der Waals surface area (Å²) in [5.41, 5.74) is -0.438. The van der Waals surface area contributed by atoms with Crippen molar-refractivity contribution in [3.63, 3.8) is 0 Å². The van der Waals surface area contributed by atoms with Crippen molar-refractivity contribution < 1.29 is 4.79 Å². The average Bonchev–Trinajstić information content (AvgIpc) is 2.93. The molecule has 1 saturated heterocycles. The van der Waals surface area contributed by atoms with Gasteiger partial charge >= 0.3 is 5.69 Å². The van der Waals surface area contributed by atoms with Crippen LogP contribution in [0, 0.1) is 0 Å². The highest BCUT2D eigenvalue weighted by Crippen LogP contribution is 2.20. The monoisotopic (exact) mass is 348 g/mol. The van der Waals surface area contributed by atoms with Gasteiger partial charge in [0.1, 0.15) is 5.82 Å². The molecule has 1 N–H and O–H groups in total. The molecule has 0 saturated carbocycles. The summed E-state index contributed by atoms with van der Waals surface area (Å²) in [6.45, 7) is 7.48. The molecule has 3 rings (SSSR count). The number of hydrogen-bond donors (Lipinski definition) is 1. The Morgan fingerprint density at radius 2 is 1.84 bits per heavy atom. The number of fused-ring (bicyclic) bond motifs is 1.